The number of nitrogens with zero attached hydrogens (tertiary/aromatic N) is 2. The number of H-pyrrole nitrogens is 1. The predicted molar refractivity (Wildman–Crippen MR) is 49.2 cm³/mol. The van der Waals surface area contributed by atoms with Crippen LogP contribution in [0.3, 0.4) is 0 Å². The van der Waals surface area contributed by atoms with Gasteiger partial charge >= 0.3 is 0 Å². The molecule has 7 heteroatoms. The fraction of sp³-hybridized carbons (Fsp3) is 0.286. The quantitative estimate of drug-likeness (QED) is 0.549. The molecule has 1 aromatic heterocycles. The molecule has 0 aliphatic rings. The van der Waals surface area contributed by atoms with E-state index in [0.29, 0.717) is 0 Å². The fourth-order valence-corrected chi connectivity index (χ4v) is 0.978. The van der Waals surface area contributed by atoms with Crippen molar-refractivity contribution >= 4 is 17.6 Å². The topological polar surface area (TPSA) is 118 Å². The van der Waals surface area contributed by atoms with Gasteiger partial charge in [-0.05, 0) is 0 Å². The smallest absolute Gasteiger partial charge is 0.259 e. The Morgan fingerprint density at radius 3 is 2.71 bits per heavy atom. The zero-order chi connectivity index (χ0) is 10.7. The number of carbonyl (C=O) groups excluding carboxylic acids is 2. The first-order valence-electron chi connectivity index (χ1n) is 3.85. The van der Waals surface area contributed by atoms with Crippen LogP contribution < -0.4 is 11.5 Å². The highest BCUT2D eigenvalue weighted by Crippen LogP contribution is 2.08. The summed E-state index contributed by atoms with van der Waals surface area (Å²) < 4.78 is 0. The van der Waals surface area contributed by atoms with Gasteiger partial charge in [0.05, 0.1) is 12.7 Å². The Morgan fingerprint density at radius 1 is 1.64 bits per heavy atom. The molecule has 0 aliphatic heterocycles. The van der Waals surface area contributed by atoms with E-state index in [-0.39, 0.29) is 17.9 Å². The van der Waals surface area contributed by atoms with Crippen molar-refractivity contribution in [3.8, 4) is 0 Å². The van der Waals surface area contributed by atoms with Crippen LogP contribution in [0, 0.1) is 0 Å². The second-order valence-electron chi connectivity index (χ2n) is 2.82. The summed E-state index contributed by atoms with van der Waals surface area (Å²) in [6.07, 6.45) is 1.30. The van der Waals surface area contributed by atoms with Gasteiger partial charge in [0, 0.05) is 7.05 Å². The Bertz CT molecular complexity index is 359. The number of rotatable bonds is 3. The van der Waals surface area contributed by atoms with Crippen molar-refractivity contribution in [2.75, 3.05) is 19.3 Å². The van der Waals surface area contributed by atoms with Gasteiger partial charge in [0.25, 0.3) is 5.91 Å². The molecule has 0 aliphatic carbocycles. The maximum Gasteiger partial charge on any atom is 0.259 e. The number of nitrogens with two attached hydrogens (primary N) is 2. The summed E-state index contributed by atoms with van der Waals surface area (Å²) in [5.74, 6) is -0.802. The molecule has 0 fully saturated rings. The van der Waals surface area contributed by atoms with E-state index in [4.69, 9.17) is 11.5 Å². The van der Waals surface area contributed by atoms with Gasteiger partial charge in [-0.1, -0.05) is 0 Å². The molecular formula is C7H11N5O2. The molecule has 76 valence electrons. The number of primary amides is 1. The van der Waals surface area contributed by atoms with Gasteiger partial charge in [0.15, 0.2) is 0 Å². The molecular weight excluding hydrogens is 186 g/mol. The Hall–Kier alpha value is -2.05. The van der Waals surface area contributed by atoms with Gasteiger partial charge in [-0.15, -0.1) is 0 Å². The van der Waals surface area contributed by atoms with Crippen molar-refractivity contribution in [2.45, 2.75) is 0 Å². The number of anilines is 1. The normalized spacial score (nSPS) is 9.79. The number of hydrogen-bond donors (Lipinski definition) is 3. The van der Waals surface area contributed by atoms with E-state index < -0.39 is 11.8 Å². The summed E-state index contributed by atoms with van der Waals surface area (Å²) in [5, 5.41) is 6.01. The van der Waals surface area contributed by atoms with E-state index in [1.54, 1.807) is 0 Å². The van der Waals surface area contributed by atoms with Crippen LogP contribution in [-0.2, 0) is 4.79 Å². The maximum atomic E-state index is 11.5. The molecule has 2 amide bonds. The molecule has 5 N–H and O–H groups in total. The molecule has 0 saturated carbocycles. The number of aromatic nitrogens is 2. The highest BCUT2D eigenvalue weighted by atomic mass is 16.2. The van der Waals surface area contributed by atoms with Crippen molar-refractivity contribution in [2.24, 2.45) is 5.73 Å². The monoisotopic (exact) mass is 197 g/mol. The Kier molecular flexibility index (Phi) is 2.70. The van der Waals surface area contributed by atoms with Crippen LogP contribution in [0.25, 0.3) is 0 Å². The van der Waals surface area contributed by atoms with Gasteiger partial charge in [-0.3, -0.25) is 14.7 Å². The number of likely N-dealkylation sites (N-methyl/N-ethyl adjacent to an activating group) is 1. The molecule has 1 aromatic rings. The number of nitrogens with one attached hydrogen (secondary N) is 1. The van der Waals surface area contributed by atoms with E-state index in [2.05, 4.69) is 10.2 Å². The SMILES string of the molecule is CN(CC(N)=O)C(=O)c1cn[nH]c1N. The Balaban J connectivity index is 2.76. The van der Waals surface area contributed by atoms with Crippen molar-refractivity contribution in [1.82, 2.24) is 15.1 Å². The summed E-state index contributed by atoms with van der Waals surface area (Å²) in [5.41, 5.74) is 10.6. The largest absolute Gasteiger partial charge is 0.383 e. The third kappa shape index (κ3) is 2.00. The molecule has 0 bridgehead atoms. The maximum absolute atomic E-state index is 11.5. The minimum atomic E-state index is -0.581. The summed E-state index contributed by atoms with van der Waals surface area (Å²) in [6, 6.07) is 0. The lowest BCUT2D eigenvalue weighted by atomic mass is 10.3. The highest BCUT2D eigenvalue weighted by molar-refractivity contribution is 5.99. The van der Waals surface area contributed by atoms with E-state index in [0.717, 1.165) is 0 Å². The molecule has 14 heavy (non-hydrogen) atoms. The zero-order valence-corrected chi connectivity index (χ0v) is 7.65. The van der Waals surface area contributed by atoms with Crippen LogP contribution in [0.15, 0.2) is 6.20 Å². The number of hydrogen-bond acceptors (Lipinski definition) is 4. The van der Waals surface area contributed by atoms with Crippen molar-refractivity contribution in [1.29, 1.82) is 0 Å². The van der Waals surface area contributed by atoms with E-state index in [1.807, 2.05) is 0 Å². The lowest BCUT2D eigenvalue weighted by molar-refractivity contribution is -0.118. The zero-order valence-electron chi connectivity index (χ0n) is 7.65. The Morgan fingerprint density at radius 2 is 2.29 bits per heavy atom. The molecule has 0 saturated heterocycles. The first-order valence-corrected chi connectivity index (χ1v) is 3.85. The van der Waals surface area contributed by atoms with Gasteiger partial charge in [-0.2, -0.15) is 5.10 Å². The second-order valence-corrected chi connectivity index (χ2v) is 2.82. The Labute approximate surface area is 80.1 Å². The third-order valence-electron chi connectivity index (χ3n) is 1.64. The third-order valence-corrected chi connectivity index (χ3v) is 1.64. The summed E-state index contributed by atoms with van der Waals surface area (Å²) in [4.78, 5) is 23.3. The highest BCUT2D eigenvalue weighted by Gasteiger charge is 2.17. The molecule has 1 rings (SSSR count). The molecule has 0 atom stereocenters. The molecule has 1 heterocycles. The first-order chi connectivity index (χ1) is 6.52. The van der Waals surface area contributed by atoms with Crippen LogP contribution in [0.1, 0.15) is 10.4 Å². The van der Waals surface area contributed by atoms with E-state index >= 15 is 0 Å². The van der Waals surface area contributed by atoms with Gasteiger partial charge in [0.1, 0.15) is 11.4 Å². The minimum absolute atomic E-state index is 0.149. The lowest BCUT2D eigenvalue weighted by Crippen LogP contribution is -2.35. The molecule has 0 spiro atoms. The predicted octanol–water partition coefficient (Wildman–Crippen LogP) is -1.45. The van der Waals surface area contributed by atoms with Crippen molar-refractivity contribution < 1.29 is 9.59 Å². The van der Waals surface area contributed by atoms with Gasteiger partial charge < -0.3 is 16.4 Å². The fourth-order valence-electron chi connectivity index (χ4n) is 0.978. The first kappa shape index (κ1) is 10.0. The average Bonchev–Trinajstić information content (AvgIpc) is 2.48. The molecule has 7 nitrogen and oxygen atoms in total. The second kappa shape index (κ2) is 3.77. The van der Waals surface area contributed by atoms with Crippen molar-refractivity contribution in [3.05, 3.63) is 11.8 Å². The van der Waals surface area contributed by atoms with Crippen LogP contribution >= 0.6 is 0 Å². The van der Waals surface area contributed by atoms with E-state index in [9.17, 15) is 9.59 Å². The minimum Gasteiger partial charge on any atom is -0.383 e. The molecule has 0 radical (unpaired) electrons. The summed E-state index contributed by atoms with van der Waals surface area (Å²) in [6.45, 7) is -0.149. The van der Waals surface area contributed by atoms with Crippen LogP contribution in [0.4, 0.5) is 5.82 Å². The molecule has 0 unspecified atom stereocenters. The van der Waals surface area contributed by atoms with Gasteiger partial charge in [0.2, 0.25) is 5.91 Å². The number of amides is 2. The number of aromatic amines is 1. The van der Waals surface area contributed by atoms with Crippen molar-refractivity contribution in [3.63, 3.8) is 0 Å². The van der Waals surface area contributed by atoms with Gasteiger partial charge in [-0.25, -0.2) is 0 Å². The van der Waals surface area contributed by atoms with Crippen LogP contribution in [0.5, 0.6) is 0 Å². The van der Waals surface area contributed by atoms with Crippen LogP contribution in [-0.4, -0.2) is 40.5 Å². The summed E-state index contributed by atoms with van der Waals surface area (Å²) in [7, 11) is 1.46. The van der Waals surface area contributed by atoms with Crippen LogP contribution in [0.2, 0.25) is 0 Å². The molecule has 0 aromatic carbocycles. The average molecular weight is 197 g/mol. The lowest BCUT2D eigenvalue weighted by Gasteiger charge is -2.13. The summed E-state index contributed by atoms with van der Waals surface area (Å²) >= 11 is 0. The van der Waals surface area contributed by atoms with E-state index in [1.165, 1.54) is 18.1 Å². The number of carbonyl (C=O) groups is 2. The standard InChI is InChI=1S/C7H11N5O2/c1-12(3-5(8)13)7(14)4-2-10-11-6(4)9/h2H,3H2,1H3,(H2,8,13)(H3,9,10,11). The number of nitrogen functional groups attached to an aromatic ring is 1.